The molecule has 0 saturated heterocycles. The average Bonchev–Trinajstić information content (AvgIpc) is 3.43. The molecule has 0 aliphatic carbocycles. The molecular formula is C23H19N3O4. The Bertz CT molecular complexity index is 1160. The van der Waals surface area contributed by atoms with Crippen molar-refractivity contribution in [3.05, 3.63) is 95.6 Å². The fourth-order valence-corrected chi connectivity index (χ4v) is 3.06. The third-order valence-electron chi connectivity index (χ3n) is 4.52. The van der Waals surface area contributed by atoms with Gasteiger partial charge in [0.05, 0.1) is 6.26 Å². The van der Waals surface area contributed by atoms with Crippen molar-refractivity contribution >= 4 is 17.5 Å². The molecule has 2 aromatic carbocycles. The number of benzene rings is 2. The number of aryl methyl sites for hydroxylation is 1. The molecule has 7 nitrogen and oxygen atoms in total. The van der Waals surface area contributed by atoms with Crippen LogP contribution in [0.15, 0.2) is 81.9 Å². The first kappa shape index (κ1) is 19.2. The number of carbonyl (C=O) groups excluding carboxylic acids is 2. The number of rotatable bonds is 6. The number of nitrogens with one attached hydrogen (secondary N) is 2. The normalized spacial score (nSPS) is 10.6. The summed E-state index contributed by atoms with van der Waals surface area (Å²) in [4.78, 5) is 24.9. The zero-order valence-electron chi connectivity index (χ0n) is 16.2. The smallest absolute Gasteiger partial charge is 0.291 e. The zero-order valence-corrected chi connectivity index (χ0v) is 16.2. The van der Waals surface area contributed by atoms with Gasteiger partial charge in [-0.2, -0.15) is 0 Å². The first-order valence-electron chi connectivity index (χ1n) is 9.35. The third-order valence-corrected chi connectivity index (χ3v) is 4.52. The number of carbonyl (C=O) groups is 2. The van der Waals surface area contributed by atoms with Crippen LogP contribution in [0.4, 0.5) is 5.69 Å². The van der Waals surface area contributed by atoms with Crippen LogP contribution >= 0.6 is 0 Å². The molecular weight excluding hydrogens is 382 g/mol. The highest BCUT2D eigenvalue weighted by Gasteiger charge is 2.21. The van der Waals surface area contributed by atoms with Crippen LogP contribution < -0.4 is 10.6 Å². The fourth-order valence-electron chi connectivity index (χ4n) is 3.06. The number of furan rings is 1. The number of hydrogen-bond acceptors (Lipinski definition) is 5. The van der Waals surface area contributed by atoms with E-state index in [9.17, 15) is 9.59 Å². The average molecular weight is 401 g/mol. The number of anilines is 1. The molecule has 2 aromatic heterocycles. The maximum atomic E-state index is 12.8. The van der Waals surface area contributed by atoms with E-state index in [0.29, 0.717) is 22.7 Å². The van der Waals surface area contributed by atoms with Crippen LogP contribution in [0.2, 0.25) is 0 Å². The standard InChI is InChI=1S/C23H19N3O4/c1-15-20(21(26-30-15)17-8-3-2-4-9-17)23(28)24-14-16-7-5-10-18(13-16)25-22(27)19-11-6-12-29-19/h2-13H,14H2,1H3,(H,24,28)(H,25,27). The van der Waals surface area contributed by atoms with E-state index in [1.165, 1.54) is 6.26 Å². The lowest BCUT2D eigenvalue weighted by molar-refractivity contribution is 0.0948. The van der Waals surface area contributed by atoms with Gasteiger partial charge in [-0.05, 0) is 36.8 Å². The van der Waals surface area contributed by atoms with Gasteiger partial charge in [-0.1, -0.05) is 47.6 Å². The van der Waals surface area contributed by atoms with Crippen LogP contribution in [0.5, 0.6) is 0 Å². The maximum Gasteiger partial charge on any atom is 0.291 e. The van der Waals surface area contributed by atoms with Crippen LogP contribution in [-0.2, 0) is 6.54 Å². The molecule has 7 heteroatoms. The van der Waals surface area contributed by atoms with Crippen LogP contribution in [0.3, 0.4) is 0 Å². The van der Waals surface area contributed by atoms with E-state index in [-0.39, 0.29) is 24.1 Å². The first-order chi connectivity index (χ1) is 14.6. The summed E-state index contributed by atoms with van der Waals surface area (Å²) in [5, 5.41) is 9.70. The summed E-state index contributed by atoms with van der Waals surface area (Å²) < 4.78 is 10.3. The van der Waals surface area contributed by atoms with Crippen molar-refractivity contribution in [2.45, 2.75) is 13.5 Å². The van der Waals surface area contributed by atoms with Crippen molar-refractivity contribution in [1.82, 2.24) is 10.5 Å². The maximum absolute atomic E-state index is 12.8. The van der Waals surface area contributed by atoms with Crippen molar-refractivity contribution in [2.75, 3.05) is 5.32 Å². The molecule has 2 amide bonds. The Morgan fingerprint density at radius 2 is 1.80 bits per heavy atom. The molecule has 150 valence electrons. The minimum atomic E-state index is -0.339. The highest BCUT2D eigenvalue weighted by Crippen LogP contribution is 2.25. The summed E-state index contributed by atoms with van der Waals surface area (Å²) in [6, 6.07) is 19.9. The lowest BCUT2D eigenvalue weighted by Crippen LogP contribution is -2.23. The summed E-state index contributed by atoms with van der Waals surface area (Å²) in [6.45, 7) is 1.99. The molecule has 0 spiro atoms. The predicted molar refractivity (Wildman–Crippen MR) is 111 cm³/mol. The van der Waals surface area contributed by atoms with E-state index in [1.807, 2.05) is 36.4 Å². The van der Waals surface area contributed by atoms with Gasteiger partial charge >= 0.3 is 0 Å². The second-order valence-electron chi connectivity index (χ2n) is 6.64. The quantitative estimate of drug-likeness (QED) is 0.498. The first-order valence-corrected chi connectivity index (χ1v) is 9.35. The van der Waals surface area contributed by atoms with E-state index in [0.717, 1.165) is 11.1 Å². The van der Waals surface area contributed by atoms with Crippen molar-refractivity contribution in [3.8, 4) is 11.3 Å². The number of nitrogens with zero attached hydrogens (tertiary/aromatic N) is 1. The molecule has 0 unspecified atom stereocenters. The molecule has 0 radical (unpaired) electrons. The topological polar surface area (TPSA) is 97.4 Å². The molecule has 0 fully saturated rings. The van der Waals surface area contributed by atoms with Gasteiger partial charge in [-0.3, -0.25) is 9.59 Å². The Morgan fingerprint density at radius 1 is 0.967 bits per heavy atom. The van der Waals surface area contributed by atoms with E-state index in [4.69, 9.17) is 8.94 Å². The minimum Gasteiger partial charge on any atom is -0.459 e. The van der Waals surface area contributed by atoms with Crippen molar-refractivity contribution in [1.29, 1.82) is 0 Å². The van der Waals surface area contributed by atoms with Crippen molar-refractivity contribution < 1.29 is 18.5 Å². The van der Waals surface area contributed by atoms with E-state index in [2.05, 4.69) is 15.8 Å². The van der Waals surface area contributed by atoms with Gasteiger partial charge in [0.2, 0.25) is 0 Å². The van der Waals surface area contributed by atoms with Gasteiger partial charge in [0.15, 0.2) is 5.76 Å². The summed E-state index contributed by atoms with van der Waals surface area (Å²) in [5.41, 5.74) is 3.15. The molecule has 0 bridgehead atoms. The predicted octanol–water partition coefficient (Wildman–Crippen LogP) is 4.43. The van der Waals surface area contributed by atoms with E-state index >= 15 is 0 Å². The lowest BCUT2D eigenvalue weighted by Gasteiger charge is -2.08. The van der Waals surface area contributed by atoms with Gasteiger partial charge in [0.25, 0.3) is 11.8 Å². The zero-order chi connectivity index (χ0) is 20.9. The van der Waals surface area contributed by atoms with E-state index in [1.54, 1.807) is 37.3 Å². The number of aromatic nitrogens is 1. The Morgan fingerprint density at radius 3 is 2.57 bits per heavy atom. The van der Waals surface area contributed by atoms with Gasteiger partial charge < -0.3 is 19.6 Å². The van der Waals surface area contributed by atoms with Crippen molar-refractivity contribution in [3.63, 3.8) is 0 Å². The molecule has 2 N–H and O–H groups in total. The lowest BCUT2D eigenvalue weighted by atomic mass is 10.1. The highest BCUT2D eigenvalue weighted by atomic mass is 16.5. The van der Waals surface area contributed by atoms with Gasteiger partial charge in [0.1, 0.15) is 17.0 Å². The molecule has 0 aliphatic rings. The Hall–Kier alpha value is -4.13. The minimum absolute atomic E-state index is 0.227. The summed E-state index contributed by atoms with van der Waals surface area (Å²) in [6.07, 6.45) is 1.44. The molecule has 0 aliphatic heterocycles. The Labute approximate surface area is 172 Å². The second kappa shape index (κ2) is 8.48. The van der Waals surface area contributed by atoms with Crippen molar-refractivity contribution in [2.24, 2.45) is 0 Å². The van der Waals surface area contributed by atoms with Gasteiger partial charge in [0, 0.05) is 17.8 Å². The fraction of sp³-hybridized carbons (Fsp3) is 0.0870. The molecule has 2 heterocycles. The molecule has 4 aromatic rings. The summed E-state index contributed by atoms with van der Waals surface area (Å²) in [7, 11) is 0. The SMILES string of the molecule is Cc1onc(-c2ccccc2)c1C(=O)NCc1cccc(NC(=O)c2ccco2)c1. The van der Waals surface area contributed by atoms with Crippen LogP contribution in [0.1, 0.15) is 32.2 Å². The largest absolute Gasteiger partial charge is 0.459 e. The Balaban J connectivity index is 1.45. The molecule has 0 saturated carbocycles. The van der Waals surface area contributed by atoms with Gasteiger partial charge in [-0.25, -0.2) is 0 Å². The number of amides is 2. The third kappa shape index (κ3) is 4.15. The molecule has 0 atom stereocenters. The highest BCUT2D eigenvalue weighted by molar-refractivity contribution is 6.02. The van der Waals surface area contributed by atoms with Gasteiger partial charge in [-0.15, -0.1) is 0 Å². The molecule has 4 rings (SSSR count). The Kier molecular flexibility index (Phi) is 5.43. The summed E-state index contributed by atoms with van der Waals surface area (Å²) >= 11 is 0. The van der Waals surface area contributed by atoms with Crippen LogP contribution in [0.25, 0.3) is 11.3 Å². The molecule has 30 heavy (non-hydrogen) atoms. The summed E-state index contributed by atoms with van der Waals surface area (Å²) in [5.74, 6) is 0.0577. The number of hydrogen-bond donors (Lipinski definition) is 2. The monoisotopic (exact) mass is 401 g/mol. The van der Waals surface area contributed by atoms with Crippen LogP contribution in [-0.4, -0.2) is 17.0 Å². The second-order valence-corrected chi connectivity index (χ2v) is 6.64. The van der Waals surface area contributed by atoms with Crippen LogP contribution in [0, 0.1) is 6.92 Å². The van der Waals surface area contributed by atoms with E-state index < -0.39 is 0 Å².